The van der Waals surface area contributed by atoms with E-state index in [1.165, 1.54) is 11.1 Å². The van der Waals surface area contributed by atoms with Crippen molar-refractivity contribution < 1.29 is 9.53 Å². The zero-order valence-corrected chi connectivity index (χ0v) is 12.0. The van der Waals surface area contributed by atoms with Crippen molar-refractivity contribution in [3.63, 3.8) is 0 Å². The summed E-state index contributed by atoms with van der Waals surface area (Å²) >= 11 is 0. The van der Waals surface area contributed by atoms with Crippen molar-refractivity contribution in [2.45, 2.75) is 18.8 Å². The SMILES string of the molecule is O=C(OCC1CCc2ccccc21)c1ccc2nncn2c1. The Balaban J connectivity index is 1.46. The Morgan fingerprint density at radius 1 is 1.27 bits per heavy atom. The Kier molecular flexibility index (Phi) is 3.11. The molecule has 2 aromatic heterocycles. The molecule has 0 amide bonds. The molecule has 0 aliphatic heterocycles. The van der Waals surface area contributed by atoms with Gasteiger partial charge >= 0.3 is 5.97 Å². The minimum Gasteiger partial charge on any atom is -0.461 e. The summed E-state index contributed by atoms with van der Waals surface area (Å²) in [7, 11) is 0. The minimum absolute atomic E-state index is 0.304. The molecule has 1 atom stereocenters. The molecule has 1 aromatic carbocycles. The lowest BCUT2D eigenvalue weighted by molar-refractivity contribution is 0.0479. The molecule has 1 aliphatic rings. The zero-order valence-electron chi connectivity index (χ0n) is 12.0. The van der Waals surface area contributed by atoms with Crippen LogP contribution in [-0.4, -0.2) is 27.2 Å². The van der Waals surface area contributed by atoms with E-state index in [0.29, 0.717) is 23.7 Å². The van der Waals surface area contributed by atoms with Crippen LogP contribution in [0, 0.1) is 0 Å². The van der Waals surface area contributed by atoms with Gasteiger partial charge in [0.25, 0.3) is 0 Å². The lowest BCUT2D eigenvalue weighted by Crippen LogP contribution is -2.12. The van der Waals surface area contributed by atoms with E-state index in [9.17, 15) is 4.79 Å². The molecule has 2 heterocycles. The summed E-state index contributed by atoms with van der Waals surface area (Å²) in [6.07, 6.45) is 5.36. The van der Waals surface area contributed by atoms with Crippen molar-refractivity contribution in [2.24, 2.45) is 0 Å². The molecule has 0 saturated heterocycles. The molecule has 0 N–H and O–H groups in total. The van der Waals surface area contributed by atoms with Crippen LogP contribution in [0.15, 0.2) is 48.9 Å². The number of ether oxygens (including phenoxy) is 1. The van der Waals surface area contributed by atoms with E-state index < -0.39 is 0 Å². The number of nitrogens with zero attached hydrogens (tertiary/aromatic N) is 3. The van der Waals surface area contributed by atoms with Crippen LogP contribution in [0.4, 0.5) is 0 Å². The Morgan fingerprint density at radius 2 is 2.18 bits per heavy atom. The molecule has 110 valence electrons. The zero-order chi connectivity index (χ0) is 14.9. The summed E-state index contributed by atoms with van der Waals surface area (Å²) in [6.45, 7) is 0.427. The molecule has 1 unspecified atom stereocenters. The maximum atomic E-state index is 12.2. The van der Waals surface area contributed by atoms with Gasteiger partial charge in [-0.15, -0.1) is 10.2 Å². The second-order valence-corrected chi connectivity index (χ2v) is 5.55. The van der Waals surface area contributed by atoms with Gasteiger partial charge < -0.3 is 4.74 Å². The third kappa shape index (κ3) is 2.24. The normalized spacial score (nSPS) is 16.6. The summed E-state index contributed by atoms with van der Waals surface area (Å²) in [4.78, 5) is 12.2. The molecule has 5 heteroatoms. The van der Waals surface area contributed by atoms with Crippen molar-refractivity contribution in [3.8, 4) is 0 Å². The third-order valence-corrected chi connectivity index (χ3v) is 4.20. The van der Waals surface area contributed by atoms with Gasteiger partial charge in [0.1, 0.15) is 6.33 Å². The second-order valence-electron chi connectivity index (χ2n) is 5.55. The Labute approximate surface area is 127 Å². The Hall–Kier alpha value is -2.69. The smallest absolute Gasteiger partial charge is 0.339 e. The predicted molar refractivity (Wildman–Crippen MR) is 80.8 cm³/mol. The predicted octanol–water partition coefficient (Wildman–Crippen LogP) is 2.62. The fraction of sp³-hybridized carbons (Fsp3) is 0.235. The lowest BCUT2D eigenvalue weighted by Gasteiger charge is -2.12. The fourth-order valence-corrected chi connectivity index (χ4v) is 3.03. The van der Waals surface area contributed by atoms with E-state index in [1.807, 2.05) is 6.07 Å². The Morgan fingerprint density at radius 3 is 3.14 bits per heavy atom. The van der Waals surface area contributed by atoms with Gasteiger partial charge in [0.05, 0.1) is 12.2 Å². The number of fused-ring (bicyclic) bond motifs is 2. The third-order valence-electron chi connectivity index (χ3n) is 4.20. The van der Waals surface area contributed by atoms with Crippen LogP contribution in [-0.2, 0) is 11.2 Å². The van der Waals surface area contributed by atoms with Crippen molar-refractivity contribution in [1.82, 2.24) is 14.6 Å². The van der Waals surface area contributed by atoms with Gasteiger partial charge in [-0.1, -0.05) is 24.3 Å². The van der Waals surface area contributed by atoms with Gasteiger partial charge in [0.2, 0.25) is 0 Å². The number of pyridine rings is 1. The molecular weight excluding hydrogens is 278 g/mol. The highest BCUT2D eigenvalue weighted by Gasteiger charge is 2.23. The van der Waals surface area contributed by atoms with E-state index in [0.717, 1.165) is 12.8 Å². The fourth-order valence-electron chi connectivity index (χ4n) is 3.03. The van der Waals surface area contributed by atoms with Crippen LogP contribution in [0.2, 0.25) is 0 Å². The average molecular weight is 293 g/mol. The standard InChI is InChI=1S/C17H15N3O2/c21-17(13-7-8-16-19-18-11-20(16)9-13)22-10-14-6-5-12-3-1-2-4-15(12)14/h1-4,7-9,11,14H,5-6,10H2. The molecule has 22 heavy (non-hydrogen) atoms. The first-order valence-electron chi connectivity index (χ1n) is 7.35. The number of carbonyl (C=O) groups excluding carboxylic acids is 1. The van der Waals surface area contributed by atoms with Crippen LogP contribution in [0.1, 0.15) is 33.8 Å². The van der Waals surface area contributed by atoms with Crippen LogP contribution < -0.4 is 0 Å². The first-order chi connectivity index (χ1) is 10.8. The van der Waals surface area contributed by atoms with Crippen LogP contribution >= 0.6 is 0 Å². The molecule has 0 spiro atoms. The van der Waals surface area contributed by atoms with Crippen LogP contribution in [0.3, 0.4) is 0 Å². The van der Waals surface area contributed by atoms with Gasteiger partial charge in [-0.05, 0) is 36.1 Å². The molecule has 0 saturated carbocycles. The Bertz CT molecular complexity index is 841. The molecule has 0 fully saturated rings. The number of hydrogen-bond acceptors (Lipinski definition) is 4. The van der Waals surface area contributed by atoms with Crippen molar-refractivity contribution in [2.75, 3.05) is 6.61 Å². The molecule has 0 bridgehead atoms. The number of benzene rings is 1. The highest BCUT2D eigenvalue weighted by atomic mass is 16.5. The number of hydrogen-bond donors (Lipinski definition) is 0. The molecule has 1 aliphatic carbocycles. The van der Waals surface area contributed by atoms with Crippen molar-refractivity contribution in [3.05, 3.63) is 65.6 Å². The summed E-state index contributed by atoms with van der Waals surface area (Å²) < 4.78 is 7.21. The summed E-state index contributed by atoms with van der Waals surface area (Å²) in [6, 6.07) is 11.9. The molecular formula is C17H15N3O2. The van der Waals surface area contributed by atoms with E-state index in [4.69, 9.17) is 4.74 Å². The van der Waals surface area contributed by atoms with Crippen molar-refractivity contribution in [1.29, 1.82) is 0 Å². The topological polar surface area (TPSA) is 56.5 Å². The monoisotopic (exact) mass is 293 g/mol. The number of esters is 1. The van der Waals surface area contributed by atoms with E-state index in [1.54, 1.807) is 29.1 Å². The largest absolute Gasteiger partial charge is 0.461 e. The van der Waals surface area contributed by atoms with Gasteiger partial charge in [0.15, 0.2) is 5.65 Å². The quantitative estimate of drug-likeness (QED) is 0.697. The van der Waals surface area contributed by atoms with Gasteiger partial charge in [0, 0.05) is 12.1 Å². The van der Waals surface area contributed by atoms with Gasteiger partial charge in [-0.3, -0.25) is 4.40 Å². The second kappa shape index (κ2) is 5.26. The highest BCUT2D eigenvalue weighted by molar-refractivity contribution is 5.89. The number of carbonyl (C=O) groups is 1. The summed E-state index contributed by atoms with van der Waals surface area (Å²) in [5.41, 5.74) is 3.90. The first-order valence-corrected chi connectivity index (χ1v) is 7.35. The summed E-state index contributed by atoms with van der Waals surface area (Å²) in [5.74, 6) is -0.00114. The number of aromatic nitrogens is 3. The minimum atomic E-state index is -0.306. The molecule has 4 rings (SSSR count). The van der Waals surface area contributed by atoms with E-state index >= 15 is 0 Å². The van der Waals surface area contributed by atoms with Gasteiger partial charge in [-0.25, -0.2) is 4.79 Å². The lowest BCUT2D eigenvalue weighted by atomic mass is 10.0. The molecule has 5 nitrogen and oxygen atoms in total. The first kappa shape index (κ1) is 13.0. The van der Waals surface area contributed by atoms with Crippen molar-refractivity contribution >= 4 is 11.6 Å². The number of aryl methyl sites for hydroxylation is 1. The molecule has 0 radical (unpaired) electrons. The molecule has 3 aromatic rings. The maximum absolute atomic E-state index is 12.2. The van der Waals surface area contributed by atoms with Gasteiger partial charge in [-0.2, -0.15) is 0 Å². The average Bonchev–Trinajstić information content (AvgIpc) is 3.18. The number of rotatable bonds is 3. The maximum Gasteiger partial charge on any atom is 0.339 e. The highest BCUT2D eigenvalue weighted by Crippen LogP contribution is 2.33. The van der Waals surface area contributed by atoms with E-state index in [2.05, 4.69) is 28.4 Å². The van der Waals surface area contributed by atoms with E-state index in [-0.39, 0.29) is 5.97 Å². The van der Waals surface area contributed by atoms with Crippen LogP contribution in [0.5, 0.6) is 0 Å². The van der Waals surface area contributed by atoms with Crippen LogP contribution in [0.25, 0.3) is 5.65 Å². The summed E-state index contributed by atoms with van der Waals surface area (Å²) in [5, 5.41) is 7.71.